The maximum atomic E-state index is 11.2. The van der Waals surface area contributed by atoms with Gasteiger partial charge in [-0.2, -0.15) is 0 Å². The predicted molar refractivity (Wildman–Crippen MR) is 56.6 cm³/mol. The summed E-state index contributed by atoms with van der Waals surface area (Å²) in [5, 5.41) is 2.95. The van der Waals surface area contributed by atoms with Crippen molar-refractivity contribution in [1.29, 1.82) is 0 Å². The number of amides is 1. The molecule has 1 atom stereocenters. The fraction of sp³-hybridized carbons (Fsp3) is 0.909. The van der Waals surface area contributed by atoms with Crippen LogP contribution in [0, 0.1) is 5.92 Å². The fourth-order valence-electron chi connectivity index (χ4n) is 1.06. The zero-order valence-electron chi connectivity index (χ0n) is 9.23. The van der Waals surface area contributed by atoms with Crippen molar-refractivity contribution in [1.82, 2.24) is 5.32 Å². The van der Waals surface area contributed by atoms with Gasteiger partial charge in [0.15, 0.2) is 0 Å². The zero-order chi connectivity index (χ0) is 10.1. The summed E-state index contributed by atoms with van der Waals surface area (Å²) in [5.74, 6) is 0.823. The molecule has 2 nitrogen and oxygen atoms in total. The molecule has 0 aromatic carbocycles. The standard InChI is InChI=1S/C11H23NO/c1-4-6-7-8-11(13)12-9-10(3)5-2/h10H,4-9H2,1-3H3,(H,12,13)/t10-/m0/s1. The van der Waals surface area contributed by atoms with Gasteiger partial charge in [-0.3, -0.25) is 4.79 Å². The predicted octanol–water partition coefficient (Wildman–Crippen LogP) is 2.73. The monoisotopic (exact) mass is 185 g/mol. The molecule has 13 heavy (non-hydrogen) atoms. The number of hydrogen-bond donors (Lipinski definition) is 1. The molecule has 0 aliphatic rings. The van der Waals surface area contributed by atoms with Crippen molar-refractivity contribution in [2.75, 3.05) is 6.54 Å². The van der Waals surface area contributed by atoms with Gasteiger partial charge < -0.3 is 5.32 Å². The second-order valence-corrected chi connectivity index (χ2v) is 3.77. The number of rotatable bonds is 7. The van der Waals surface area contributed by atoms with E-state index in [0.29, 0.717) is 12.3 Å². The Morgan fingerprint density at radius 1 is 1.31 bits per heavy atom. The largest absolute Gasteiger partial charge is 0.356 e. The molecule has 1 N–H and O–H groups in total. The summed E-state index contributed by atoms with van der Waals surface area (Å²) in [6, 6.07) is 0. The van der Waals surface area contributed by atoms with Gasteiger partial charge in [0.05, 0.1) is 0 Å². The van der Waals surface area contributed by atoms with Crippen LogP contribution in [0.3, 0.4) is 0 Å². The highest BCUT2D eigenvalue weighted by molar-refractivity contribution is 5.75. The Morgan fingerprint density at radius 2 is 2.00 bits per heavy atom. The maximum Gasteiger partial charge on any atom is 0.220 e. The number of hydrogen-bond acceptors (Lipinski definition) is 1. The van der Waals surface area contributed by atoms with Crippen LogP contribution in [0.2, 0.25) is 0 Å². The average molecular weight is 185 g/mol. The minimum Gasteiger partial charge on any atom is -0.356 e. The van der Waals surface area contributed by atoms with Crippen LogP contribution in [0.5, 0.6) is 0 Å². The Kier molecular flexibility index (Phi) is 7.76. The van der Waals surface area contributed by atoms with Crippen LogP contribution >= 0.6 is 0 Å². The second kappa shape index (κ2) is 8.09. The second-order valence-electron chi connectivity index (χ2n) is 3.77. The van der Waals surface area contributed by atoms with Crippen LogP contribution in [-0.2, 0) is 4.79 Å². The molecule has 0 saturated carbocycles. The molecule has 1 amide bonds. The molecular weight excluding hydrogens is 162 g/mol. The SMILES string of the molecule is CCCCCC(=O)NC[C@@H](C)CC. The highest BCUT2D eigenvalue weighted by atomic mass is 16.1. The molecule has 0 fully saturated rings. The Labute approximate surface area is 82.1 Å². The number of nitrogens with one attached hydrogen (secondary N) is 1. The molecule has 0 aromatic heterocycles. The molecule has 0 spiro atoms. The normalized spacial score (nSPS) is 12.5. The molecule has 0 rings (SSSR count). The molecule has 0 bridgehead atoms. The molecule has 0 aliphatic heterocycles. The lowest BCUT2D eigenvalue weighted by atomic mass is 10.1. The third-order valence-corrected chi connectivity index (χ3v) is 2.35. The summed E-state index contributed by atoms with van der Waals surface area (Å²) in [5.41, 5.74) is 0. The zero-order valence-corrected chi connectivity index (χ0v) is 9.23. The Balaban J connectivity index is 3.30. The topological polar surface area (TPSA) is 29.1 Å². The van der Waals surface area contributed by atoms with E-state index in [9.17, 15) is 4.79 Å². The van der Waals surface area contributed by atoms with Gasteiger partial charge in [0, 0.05) is 13.0 Å². The lowest BCUT2D eigenvalue weighted by molar-refractivity contribution is -0.121. The third kappa shape index (κ3) is 7.82. The summed E-state index contributed by atoms with van der Waals surface area (Å²) in [6.45, 7) is 7.29. The third-order valence-electron chi connectivity index (χ3n) is 2.35. The van der Waals surface area contributed by atoms with Crippen LogP contribution in [-0.4, -0.2) is 12.5 Å². The van der Waals surface area contributed by atoms with E-state index in [4.69, 9.17) is 0 Å². The number of carbonyl (C=O) groups is 1. The maximum absolute atomic E-state index is 11.2. The number of carbonyl (C=O) groups excluding carboxylic acids is 1. The van der Waals surface area contributed by atoms with E-state index < -0.39 is 0 Å². The first-order valence-corrected chi connectivity index (χ1v) is 5.47. The average Bonchev–Trinajstić information content (AvgIpc) is 2.14. The van der Waals surface area contributed by atoms with E-state index in [0.717, 1.165) is 25.8 Å². The summed E-state index contributed by atoms with van der Waals surface area (Å²) < 4.78 is 0. The van der Waals surface area contributed by atoms with Gasteiger partial charge in [-0.25, -0.2) is 0 Å². The van der Waals surface area contributed by atoms with Crippen LogP contribution in [0.1, 0.15) is 52.9 Å². The van der Waals surface area contributed by atoms with Gasteiger partial charge in [0.25, 0.3) is 0 Å². The van der Waals surface area contributed by atoms with Gasteiger partial charge in [-0.1, -0.05) is 40.0 Å². The quantitative estimate of drug-likeness (QED) is 0.607. The Morgan fingerprint density at radius 3 is 2.54 bits per heavy atom. The van der Waals surface area contributed by atoms with Crippen molar-refractivity contribution >= 4 is 5.91 Å². The van der Waals surface area contributed by atoms with E-state index in [1.807, 2.05) is 0 Å². The molecule has 0 saturated heterocycles. The first-order chi connectivity index (χ1) is 6.20. The van der Waals surface area contributed by atoms with E-state index in [2.05, 4.69) is 26.1 Å². The van der Waals surface area contributed by atoms with Crippen LogP contribution < -0.4 is 5.32 Å². The van der Waals surface area contributed by atoms with Crippen LogP contribution in [0.4, 0.5) is 0 Å². The van der Waals surface area contributed by atoms with Crippen molar-refractivity contribution in [2.24, 2.45) is 5.92 Å². The smallest absolute Gasteiger partial charge is 0.220 e. The van der Waals surface area contributed by atoms with Gasteiger partial charge in [-0.15, -0.1) is 0 Å². The molecular formula is C11H23NO. The van der Waals surface area contributed by atoms with Gasteiger partial charge >= 0.3 is 0 Å². The molecule has 0 aliphatic carbocycles. The van der Waals surface area contributed by atoms with Gasteiger partial charge in [-0.05, 0) is 12.3 Å². The lowest BCUT2D eigenvalue weighted by Crippen LogP contribution is -2.27. The fourth-order valence-corrected chi connectivity index (χ4v) is 1.06. The Hall–Kier alpha value is -0.530. The van der Waals surface area contributed by atoms with Crippen molar-refractivity contribution in [2.45, 2.75) is 52.9 Å². The first-order valence-electron chi connectivity index (χ1n) is 5.47. The molecule has 78 valence electrons. The van der Waals surface area contributed by atoms with E-state index >= 15 is 0 Å². The molecule has 0 heterocycles. The van der Waals surface area contributed by atoms with Crippen LogP contribution in [0.15, 0.2) is 0 Å². The highest BCUT2D eigenvalue weighted by Crippen LogP contribution is 2.00. The lowest BCUT2D eigenvalue weighted by Gasteiger charge is -2.09. The summed E-state index contributed by atoms with van der Waals surface area (Å²) in [7, 11) is 0. The first kappa shape index (κ1) is 12.5. The molecule has 0 radical (unpaired) electrons. The highest BCUT2D eigenvalue weighted by Gasteiger charge is 2.02. The number of unbranched alkanes of at least 4 members (excludes halogenated alkanes) is 2. The van der Waals surface area contributed by atoms with Crippen molar-refractivity contribution < 1.29 is 4.79 Å². The van der Waals surface area contributed by atoms with Crippen molar-refractivity contribution in [3.63, 3.8) is 0 Å². The van der Waals surface area contributed by atoms with Crippen LogP contribution in [0.25, 0.3) is 0 Å². The molecule has 2 heteroatoms. The van der Waals surface area contributed by atoms with Crippen molar-refractivity contribution in [3.8, 4) is 0 Å². The van der Waals surface area contributed by atoms with Crippen molar-refractivity contribution in [3.05, 3.63) is 0 Å². The van der Waals surface area contributed by atoms with E-state index in [1.165, 1.54) is 6.42 Å². The van der Waals surface area contributed by atoms with Gasteiger partial charge in [0.1, 0.15) is 0 Å². The summed E-state index contributed by atoms with van der Waals surface area (Å²) in [4.78, 5) is 11.2. The van der Waals surface area contributed by atoms with E-state index in [1.54, 1.807) is 0 Å². The summed E-state index contributed by atoms with van der Waals surface area (Å²) >= 11 is 0. The minimum absolute atomic E-state index is 0.216. The molecule has 0 aromatic rings. The van der Waals surface area contributed by atoms with Gasteiger partial charge in [0.2, 0.25) is 5.91 Å². The van der Waals surface area contributed by atoms with E-state index in [-0.39, 0.29) is 5.91 Å². The Bertz CT molecular complexity index is 134. The summed E-state index contributed by atoms with van der Waals surface area (Å²) in [6.07, 6.45) is 5.21. The molecule has 0 unspecified atom stereocenters. The minimum atomic E-state index is 0.216.